The van der Waals surface area contributed by atoms with Crippen LogP contribution < -0.4 is 15.8 Å². The molecular weight excluding hydrogens is 209 g/mol. The van der Waals surface area contributed by atoms with Gasteiger partial charge in [-0.1, -0.05) is 0 Å². The number of nitrogens with two attached hydrogens (primary N) is 1. The van der Waals surface area contributed by atoms with E-state index in [4.69, 9.17) is 10.5 Å². The second-order valence-electron chi connectivity index (χ2n) is 3.19. The minimum Gasteiger partial charge on any atom is -0.494 e. The van der Waals surface area contributed by atoms with Gasteiger partial charge in [0, 0.05) is 13.6 Å². The van der Waals surface area contributed by atoms with Crippen LogP contribution in [0.25, 0.3) is 0 Å². The molecule has 3 N–H and O–H groups in total. The lowest BCUT2D eigenvalue weighted by molar-refractivity contribution is 0.311. The van der Waals surface area contributed by atoms with Gasteiger partial charge in [0.05, 0.1) is 6.61 Å². The number of nitrogens with zero attached hydrogens (tertiary/aromatic N) is 1. The van der Waals surface area contributed by atoms with E-state index in [-0.39, 0.29) is 5.82 Å². The average molecular weight is 225 g/mol. The summed E-state index contributed by atoms with van der Waals surface area (Å²) in [4.78, 5) is 3.75. The highest BCUT2D eigenvalue weighted by Crippen LogP contribution is 2.10. The number of halogens is 1. The largest absolute Gasteiger partial charge is 0.494 e. The summed E-state index contributed by atoms with van der Waals surface area (Å²) in [5.41, 5.74) is 5.44. The van der Waals surface area contributed by atoms with Crippen LogP contribution in [0.3, 0.4) is 0 Å². The third-order valence-corrected chi connectivity index (χ3v) is 1.95. The third kappa shape index (κ3) is 4.63. The molecule has 0 saturated carbocycles. The van der Waals surface area contributed by atoms with E-state index in [0.717, 1.165) is 6.42 Å². The molecular formula is C11H16FN3O. The predicted molar refractivity (Wildman–Crippen MR) is 62.1 cm³/mol. The van der Waals surface area contributed by atoms with E-state index < -0.39 is 0 Å². The summed E-state index contributed by atoms with van der Waals surface area (Å²) in [6.07, 6.45) is 0.799. The van der Waals surface area contributed by atoms with Gasteiger partial charge in [-0.05, 0) is 30.7 Å². The summed E-state index contributed by atoms with van der Waals surface area (Å²) in [6.45, 7) is 1.25. The molecule has 0 radical (unpaired) electrons. The van der Waals surface area contributed by atoms with Crippen LogP contribution in [0.4, 0.5) is 4.39 Å². The molecule has 1 aromatic carbocycles. The second-order valence-corrected chi connectivity index (χ2v) is 3.19. The van der Waals surface area contributed by atoms with E-state index in [1.807, 2.05) is 0 Å². The lowest BCUT2D eigenvalue weighted by atomic mass is 10.3. The Bertz CT molecular complexity index is 338. The number of ether oxygens (including phenoxy) is 1. The molecule has 0 fully saturated rings. The van der Waals surface area contributed by atoms with Crippen LogP contribution in [0.5, 0.6) is 5.75 Å². The van der Waals surface area contributed by atoms with Crippen molar-refractivity contribution in [3.63, 3.8) is 0 Å². The van der Waals surface area contributed by atoms with Crippen molar-refractivity contribution in [2.24, 2.45) is 10.7 Å². The van der Waals surface area contributed by atoms with Gasteiger partial charge in [-0.3, -0.25) is 4.99 Å². The molecule has 88 valence electrons. The van der Waals surface area contributed by atoms with Gasteiger partial charge in [0.1, 0.15) is 11.6 Å². The Morgan fingerprint density at radius 3 is 2.75 bits per heavy atom. The minimum absolute atomic E-state index is 0.263. The highest BCUT2D eigenvalue weighted by Gasteiger charge is 1.94. The molecule has 0 aliphatic heterocycles. The number of rotatable bonds is 5. The number of guanidine groups is 1. The molecule has 4 nitrogen and oxygen atoms in total. The topological polar surface area (TPSA) is 59.6 Å². The molecule has 0 bridgehead atoms. The molecule has 0 atom stereocenters. The summed E-state index contributed by atoms with van der Waals surface area (Å²) in [6, 6.07) is 5.94. The maximum absolute atomic E-state index is 12.6. The molecule has 0 amide bonds. The molecule has 1 rings (SSSR count). The van der Waals surface area contributed by atoms with Crippen molar-refractivity contribution in [1.82, 2.24) is 5.32 Å². The first-order valence-electron chi connectivity index (χ1n) is 5.07. The molecule has 0 aliphatic rings. The van der Waals surface area contributed by atoms with Gasteiger partial charge in [0.2, 0.25) is 0 Å². The van der Waals surface area contributed by atoms with Crippen LogP contribution in [0, 0.1) is 5.82 Å². The Morgan fingerprint density at radius 1 is 1.44 bits per heavy atom. The first-order chi connectivity index (χ1) is 7.72. The molecule has 0 aromatic heterocycles. The van der Waals surface area contributed by atoms with Gasteiger partial charge in [-0.15, -0.1) is 0 Å². The van der Waals surface area contributed by atoms with E-state index >= 15 is 0 Å². The summed E-state index contributed by atoms with van der Waals surface area (Å²) in [5, 5.41) is 2.92. The average Bonchev–Trinajstić information content (AvgIpc) is 2.31. The summed E-state index contributed by atoms with van der Waals surface area (Å²) >= 11 is 0. The normalized spacial score (nSPS) is 11.2. The van der Waals surface area contributed by atoms with Crippen LogP contribution in [0.15, 0.2) is 29.3 Å². The van der Waals surface area contributed by atoms with E-state index in [2.05, 4.69) is 10.3 Å². The fourth-order valence-corrected chi connectivity index (χ4v) is 1.09. The fourth-order valence-electron chi connectivity index (χ4n) is 1.09. The fraction of sp³-hybridized carbons (Fsp3) is 0.364. The third-order valence-electron chi connectivity index (χ3n) is 1.95. The van der Waals surface area contributed by atoms with Crippen molar-refractivity contribution in [2.75, 3.05) is 20.2 Å². The zero-order chi connectivity index (χ0) is 11.8. The van der Waals surface area contributed by atoms with E-state index in [1.165, 1.54) is 12.1 Å². The smallest absolute Gasteiger partial charge is 0.188 e. The Balaban J connectivity index is 2.14. The van der Waals surface area contributed by atoms with Gasteiger partial charge in [0.25, 0.3) is 0 Å². The second kappa shape index (κ2) is 6.66. The van der Waals surface area contributed by atoms with Crippen LogP contribution in [-0.2, 0) is 0 Å². The zero-order valence-electron chi connectivity index (χ0n) is 9.24. The molecule has 0 aliphatic carbocycles. The van der Waals surface area contributed by atoms with Crippen LogP contribution in [0.2, 0.25) is 0 Å². The van der Waals surface area contributed by atoms with Gasteiger partial charge in [-0.25, -0.2) is 4.39 Å². The first kappa shape index (κ1) is 12.3. The van der Waals surface area contributed by atoms with Crippen LogP contribution >= 0.6 is 0 Å². The monoisotopic (exact) mass is 225 g/mol. The van der Waals surface area contributed by atoms with Crippen molar-refractivity contribution in [2.45, 2.75) is 6.42 Å². The van der Waals surface area contributed by atoms with Gasteiger partial charge < -0.3 is 15.8 Å². The van der Waals surface area contributed by atoms with Crippen LogP contribution in [0.1, 0.15) is 6.42 Å². The SMILES string of the molecule is CN=C(N)NCCCOc1ccc(F)cc1. The Morgan fingerprint density at radius 2 is 2.12 bits per heavy atom. The first-order valence-corrected chi connectivity index (χ1v) is 5.07. The van der Waals surface area contributed by atoms with Crippen molar-refractivity contribution in [3.05, 3.63) is 30.1 Å². The Kier molecular flexibility index (Phi) is 5.11. The summed E-state index contributed by atoms with van der Waals surface area (Å²) < 4.78 is 18.0. The van der Waals surface area contributed by atoms with E-state index in [1.54, 1.807) is 19.2 Å². The molecule has 16 heavy (non-hydrogen) atoms. The summed E-state index contributed by atoms with van der Waals surface area (Å²) in [7, 11) is 1.62. The lowest BCUT2D eigenvalue weighted by Crippen LogP contribution is -2.32. The minimum atomic E-state index is -0.263. The van der Waals surface area contributed by atoms with Crippen molar-refractivity contribution < 1.29 is 9.13 Å². The van der Waals surface area contributed by atoms with Crippen molar-refractivity contribution >= 4 is 5.96 Å². The summed E-state index contributed by atoms with van der Waals surface area (Å²) in [5.74, 6) is 0.821. The lowest BCUT2D eigenvalue weighted by Gasteiger charge is -2.07. The maximum Gasteiger partial charge on any atom is 0.188 e. The van der Waals surface area contributed by atoms with Gasteiger partial charge in [0.15, 0.2) is 5.96 Å². The van der Waals surface area contributed by atoms with Crippen molar-refractivity contribution in [1.29, 1.82) is 0 Å². The number of nitrogens with one attached hydrogen (secondary N) is 1. The maximum atomic E-state index is 12.6. The number of benzene rings is 1. The highest BCUT2D eigenvalue weighted by atomic mass is 19.1. The number of hydrogen-bond acceptors (Lipinski definition) is 2. The van der Waals surface area contributed by atoms with Gasteiger partial charge >= 0.3 is 0 Å². The zero-order valence-corrected chi connectivity index (χ0v) is 9.24. The highest BCUT2D eigenvalue weighted by molar-refractivity contribution is 5.77. The van der Waals surface area contributed by atoms with E-state index in [0.29, 0.717) is 24.9 Å². The Hall–Kier alpha value is -1.78. The number of hydrogen-bond donors (Lipinski definition) is 2. The molecule has 0 saturated heterocycles. The van der Waals surface area contributed by atoms with Gasteiger partial charge in [-0.2, -0.15) is 0 Å². The molecule has 5 heteroatoms. The molecule has 1 aromatic rings. The van der Waals surface area contributed by atoms with Crippen LogP contribution in [-0.4, -0.2) is 26.2 Å². The Labute approximate surface area is 94.3 Å². The van der Waals surface area contributed by atoms with E-state index in [9.17, 15) is 4.39 Å². The number of aliphatic imine (C=N–C) groups is 1. The molecule has 0 spiro atoms. The quantitative estimate of drug-likeness (QED) is 0.448. The van der Waals surface area contributed by atoms with Crippen molar-refractivity contribution in [3.8, 4) is 5.75 Å². The molecule has 0 heterocycles. The standard InChI is InChI=1S/C11H16FN3O/c1-14-11(13)15-7-2-8-16-10-5-3-9(12)4-6-10/h3-6H,2,7-8H2,1H3,(H3,13,14,15). The predicted octanol–water partition coefficient (Wildman–Crippen LogP) is 1.13. The molecule has 0 unspecified atom stereocenters.